The Labute approximate surface area is 104 Å². The van der Waals surface area contributed by atoms with Crippen LogP contribution in [0, 0.1) is 36.0 Å². The number of halogens is 5. The molecule has 0 aliphatic heterocycles. The third-order valence-corrected chi connectivity index (χ3v) is 2.72. The number of benzene rings is 1. The number of anilines is 1. The van der Waals surface area contributed by atoms with E-state index in [2.05, 4.69) is 4.98 Å². The van der Waals surface area contributed by atoms with Crippen molar-refractivity contribution >= 4 is 5.82 Å². The number of rotatable bonds is 1. The Morgan fingerprint density at radius 1 is 0.895 bits per heavy atom. The molecule has 2 nitrogen and oxygen atoms in total. The zero-order chi connectivity index (χ0) is 14.3. The van der Waals surface area contributed by atoms with Crippen LogP contribution in [0.15, 0.2) is 12.3 Å². The second-order valence-corrected chi connectivity index (χ2v) is 3.81. The minimum Gasteiger partial charge on any atom is -0.383 e. The van der Waals surface area contributed by atoms with Gasteiger partial charge in [0.1, 0.15) is 5.82 Å². The van der Waals surface area contributed by atoms with Gasteiger partial charge < -0.3 is 5.73 Å². The number of hydrogen-bond acceptors (Lipinski definition) is 2. The lowest BCUT2D eigenvalue weighted by Crippen LogP contribution is -2.06. The third kappa shape index (κ3) is 1.91. The Balaban J connectivity index is 2.87. The van der Waals surface area contributed by atoms with E-state index in [4.69, 9.17) is 5.73 Å². The van der Waals surface area contributed by atoms with Gasteiger partial charge in [0.2, 0.25) is 5.82 Å². The maximum absolute atomic E-state index is 13.6. The van der Waals surface area contributed by atoms with Crippen molar-refractivity contribution in [1.29, 1.82) is 0 Å². The van der Waals surface area contributed by atoms with Gasteiger partial charge in [-0.1, -0.05) is 0 Å². The van der Waals surface area contributed by atoms with Crippen LogP contribution in [-0.2, 0) is 0 Å². The highest BCUT2D eigenvalue weighted by Crippen LogP contribution is 2.34. The monoisotopic (exact) mass is 274 g/mol. The number of pyridine rings is 1. The first-order chi connectivity index (χ1) is 8.86. The average molecular weight is 274 g/mol. The van der Waals surface area contributed by atoms with Crippen LogP contribution in [0.4, 0.5) is 27.8 Å². The fraction of sp³-hybridized carbons (Fsp3) is 0.0833. The lowest BCUT2D eigenvalue weighted by molar-refractivity contribution is 0.381. The largest absolute Gasteiger partial charge is 0.383 e. The Morgan fingerprint density at radius 3 is 1.89 bits per heavy atom. The summed E-state index contributed by atoms with van der Waals surface area (Å²) in [6.45, 7) is 1.37. The molecule has 0 aliphatic carbocycles. The Kier molecular flexibility index (Phi) is 3.13. The molecule has 100 valence electrons. The summed E-state index contributed by atoms with van der Waals surface area (Å²) in [6, 6.07) is 1.13. The topological polar surface area (TPSA) is 38.9 Å². The predicted molar refractivity (Wildman–Crippen MR) is 58.6 cm³/mol. The lowest BCUT2D eigenvalue weighted by Gasteiger charge is -2.11. The zero-order valence-electron chi connectivity index (χ0n) is 9.57. The normalized spacial score (nSPS) is 10.8. The van der Waals surface area contributed by atoms with E-state index >= 15 is 0 Å². The van der Waals surface area contributed by atoms with Crippen LogP contribution in [0.5, 0.6) is 0 Å². The summed E-state index contributed by atoms with van der Waals surface area (Å²) in [5.74, 6) is -10.0. The van der Waals surface area contributed by atoms with E-state index in [-0.39, 0.29) is 16.9 Å². The molecular formula is C12H7F5N2. The molecule has 0 radical (unpaired) electrons. The van der Waals surface area contributed by atoms with Gasteiger partial charge in [0.05, 0.1) is 5.56 Å². The highest BCUT2D eigenvalue weighted by molar-refractivity contribution is 5.72. The zero-order valence-corrected chi connectivity index (χ0v) is 9.57. The summed E-state index contributed by atoms with van der Waals surface area (Å²) in [4.78, 5) is 3.66. The van der Waals surface area contributed by atoms with Crippen molar-refractivity contribution in [2.75, 3.05) is 5.73 Å². The molecule has 0 fully saturated rings. The molecule has 7 heteroatoms. The molecule has 19 heavy (non-hydrogen) atoms. The molecule has 2 aromatic rings. The van der Waals surface area contributed by atoms with Crippen LogP contribution in [0.25, 0.3) is 11.1 Å². The maximum atomic E-state index is 13.6. The summed E-state index contributed by atoms with van der Waals surface area (Å²) in [7, 11) is 0. The van der Waals surface area contributed by atoms with Crippen LogP contribution in [0.1, 0.15) is 5.56 Å². The van der Waals surface area contributed by atoms with E-state index in [1.807, 2.05) is 0 Å². The highest BCUT2D eigenvalue weighted by Gasteiger charge is 2.27. The van der Waals surface area contributed by atoms with Gasteiger partial charge in [-0.25, -0.2) is 26.9 Å². The smallest absolute Gasteiger partial charge is 0.200 e. The van der Waals surface area contributed by atoms with Crippen molar-refractivity contribution in [2.24, 2.45) is 0 Å². The second-order valence-electron chi connectivity index (χ2n) is 3.81. The van der Waals surface area contributed by atoms with E-state index < -0.39 is 34.6 Å². The van der Waals surface area contributed by atoms with Crippen molar-refractivity contribution in [2.45, 2.75) is 6.92 Å². The molecule has 0 saturated carbocycles. The second kappa shape index (κ2) is 4.49. The van der Waals surface area contributed by atoms with E-state index in [0.29, 0.717) is 0 Å². The van der Waals surface area contributed by atoms with Gasteiger partial charge in [0, 0.05) is 6.20 Å². The molecule has 0 atom stereocenters. The van der Waals surface area contributed by atoms with Crippen LogP contribution < -0.4 is 5.73 Å². The molecule has 0 saturated heterocycles. The van der Waals surface area contributed by atoms with Gasteiger partial charge in [0.25, 0.3) is 0 Å². The molecule has 0 unspecified atom stereocenters. The molecule has 2 N–H and O–H groups in total. The quantitative estimate of drug-likeness (QED) is 0.492. The SMILES string of the molecule is Cc1c(-c2c(F)c(F)c(F)c(F)c2F)ccnc1N. The van der Waals surface area contributed by atoms with Crippen LogP contribution >= 0.6 is 0 Å². The lowest BCUT2D eigenvalue weighted by atomic mass is 10.00. The number of aromatic nitrogens is 1. The number of nitrogen functional groups attached to an aromatic ring is 1. The van der Waals surface area contributed by atoms with Gasteiger partial charge in [-0.05, 0) is 24.1 Å². The molecule has 1 heterocycles. The van der Waals surface area contributed by atoms with Crippen LogP contribution in [-0.4, -0.2) is 4.98 Å². The minimum atomic E-state index is -2.20. The fourth-order valence-corrected chi connectivity index (χ4v) is 1.66. The molecule has 1 aromatic carbocycles. The van der Waals surface area contributed by atoms with Crippen LogP contribution in [0.3, 0.4) is 0 Å². The molecule has 0 aliphatic rings. The summed E-state index contributed by atoms with van der Waals surface area (Å²) in [5, 5.41) is 0. The summed E-state index contributed by atoms with van der Waals surface area (Å²) >= 11 is 0. The molecular weight excluding hydrogens is 267 g/mol. The molecule has 0 bridgehead atoms. The van der Waals surface area contributed by atoms with Crippen LogP contribution in [0.2, 0.25) is 0 Å². The molecule has 2 rings (SSSR count). The summed E-state index contributed by atoms with van der Waals surface area (Å²) in [5.41, 5.74) is 4.37. The molecule has 0 amide bonds. The Morgan fingerprint density at radius 2 is 1.37 bits per heavy atom. The standard InChI is InChI=1S/C12H7F5N2/c1-4-5(2-3-19-12(4)18)6-7(13)9(15)11(17)10(16)8(6)14/h2-3H,1H3,(H2,18,19). The first-order valence-electron chi connectivity index (χ1n) is 5.09. The number of hydrogen-bond donors (Lipinski definition) is 1. The molecule has 0 spiro atoms. The summed E-state index contributed by atoms with van der Waals surface area (Å²) < 4.78 is 66.4. The van der Waals surface area contributed by atoms with Gasteiger partial charge in [-0.2, -0.15) is 0 Å². The fourth-order valence-electron chi connectivity index (χ4n) is 1.66. The maximum Gasteiger partial charge on any atom is 0.200 e. The van der Waals surface area contributed by atoms with E-state index in [0.717, 1.165) is 12.3 Å². The van der Waals surface area contributed by atoms with Crippen molar-refractivity contribution in [1.82, 2.24) is 4.98 Å². The number of nitrogens with zero attached hydrogens (tertiary/aromatic N) is 1. The average Bonchev–Trinajstić information content (AvgIpc) is 2.39. The van der Waals surface area contributed by atoms with E-state index in [1.165, 1.54) is 6.92 Å². The van der Waals surface area contributed by atoms with Crippen molar-refractivity contribution in [3.8, 4) is 11.1 Å². The number of nitrogens with two attached hydrogens (primary N) is 1. The third-order valence-electron chi connectivity index (χ3n) is 2.72. The first kappa shape index (κ1) is 13.3. The van der Waals surface area contributed by atoms with E-state index in [9.17, 15) is 22.0 Å². The summed E-state index contributed by atoms with van der Waals surface area (Å²) in [6.07, 6.45) is 1.12. The minimum absolute atomic E-state index is 0.0542. The van der Waals surface area contributed by atoms with Gasteiger partial charge in [-0.15, -0.1) is 0 Å². The first-order valence-corrected chi connectivity index (χ1v) is 5.09. The van der Waals surface area contributed by atoms with Crippen molar-refractivity contribution in [3.63, 3.8) is 0 Å². The van der Waals surface area contributed by atoms with Gasteiger partial charge in [0.15, 0.2) is 23.3 Å². The predicted octanol–water partition coefficient (Wildman–Crippen LogP) is 3.33. The Bertz CT molecular complexity index is 641. The molecule has 1 aromatic heterocycles. The van der Waals surface area contributed by atoms with E-state index in [1.54, 1.807) is 0 Å². The van der Waals surface area contributed by atoms with Crippen molar-refractivity contribution in [3.05, 3.63) is 46.9 Å². The van der Waals surface area contributed by atoms with Gasteiger partial charge in [-0.3, -0.25) is 0 Å². The van der Waals surface area contributed by atoms with Gasteiger partial charge >= 0.3 is 0 Å². The Hall–Kier alpha value is -2.18. The highest BCUT2D eigenvalue weighted by atomic mass is 19.2. The van der Waals surface area contributed by atoms with Crippen molar-refractivity contribution < 1.29 is 22.0 Å².